The first-order valence-electron chi connectivity index (χ1n) is 7.87. The minimum Gasteiger partial charge on any atom is -0.457 e. The maximum absolute atomic E-state index is 13.8. The zero-order valence-corrected chi connectivity index (χ0v) is 13.0. The predicted molar refractivity (Wildman–Crippen MR) is 90.8 cm³/mol. The Bertz CT molecular complexity index is 869. The average molecular weight is 324 g/mol. The number of benzene rings is 1. The van der Waals surface area contributed by atoms with E-state index in [1.807, 2.05) is 24.3 Å². The van der Waals surface area contributed by atoms with Crippen LogP contribution in [0.25, 0.3) is 10.9 Å². The second-order valence-electron chi connectivity index (χ2n) is 5.92. The molecule has 1 saturated heterocycles. The molecule has 1 atom stereocenters. The molecule has 24 heavy (non-hydrogen) atoms. The van der Waals surface area contributed by atoms with E-state index in [0.717, 1.165) is 31.4 Å². The van der Waals surface area contributed by atoms with Crippen molar-refractivity contribution >= 4 is 16.6 Å². The van der Waals surface area contributed by atoms with Crippen LogP contribution < -0.4 is 15.4 Å². The van der Waals surface area contributed by atoms with E-state index in [9.17, 15) is 4.39 Å². The summed E-state index contributed by atoms with van der Waals surface area (Å²) in [4.78, 5) is 10.2. The number of nitrogens with zero attached hydrogens (tertiary/aromatic N) is 3. The number of hydrogen-bond donors (Lipinski definition) is 1. The molecular formula is C18H17FN4O. The normalized spacial score (nSPS) is 17.4. The Hall–Kier alpha value is -2.73. The molecule has 122 valence electrons. The molecule has 0 amide bonds. The number of fused-ring (bicyclic) bond motifs is 1. The molecule has 1 fully saturated rings. The molecule has 0 radical (unpaired) electrons. The van der Waals surface area contributed by atoms with Crippen molar-refractivity contribution in [3.05, 3.63) is 54.7 Å². The Morgan fingerprint density at radius 2 is 2.00 bits per heavy atom. The van der Waals surface area contributed by atoms with Crippen LogP contribution in [0.5, 0.6) is 11.5 Å². The van der Waals surface area contributed by atoms with Crippen LogP contribution >= 0.6 is 0 Å². The molecule has 0 spiro atoms. The van der Waals surface area contributed by atoms with E-state index in [1.165, 1.54) is 6.20 Å². The van der Waals surface area contributed by atoms with Crippen LogP contribution in [-0.2, 0) is 0 Å². The lowest BCUT2D eigenvalue weighted by atomic mass is 10.2. The van der Waals surface area contributed by atoms with E-state index < -0.39 is 5.82 Å². The summed E-state index contributed by atoms with van der Waals surface area (Å²) in [7, 11) is 0. The fourth-order valence-corrected chi connectivity index (χ4v) is 2.97. The fourth-order valence-electron chi connectivity index (χ4n) is 2.97. The molecule has 1 aromatic carbocycles. The minimum atomic E-state index is -0.460. The SMILES string of the molecule is N[C@H]1CCN(c2ccc(Oc3ccnc4c(F)cncc34)cc2)C1. The first kappa shape index (κ1) is 14.8. The van der Waals surface area contributed by atoms with E-state index in [4.69, 9.17) is 10.5 Å². The number of pyridine rings is 2. The van der Waals surface area contributed by atoms with Crippen LogP contribution in [0, 0.1) is 5.82 Å². The van der Waals surface area contributed by atoms with Crippen LogP contribution in [0.2, 0.25) is 0 Å². The number of halogens is 1. The second kappa shape index (κ2) is 6.05. The van der Waals surface area contributed by atoms with Gasteiger partial charge in [0.2, 0.25) is 0 Å². The number of hydrogen-bond acceptors (Lipinski definition) is 5. The Labute approximate surface area is 138 Å². The third-order valence-electron chi connectivity index (χ3n) is 4.22. The molecule has 3 aromatic rings. The first-order chi connectivity index (χ1) is 11.7. The minimum absolute atomic E-state index is 0.242. The average Bonchev–Trinajstić information content (AvgIpc) is 3.03. The van der Waals surface area contributed by atoms with Gasteiger partial charge >= 0.3 is 0 Å². The largest absolute Gasteiger partial charge is 0.457 e. The second-order valence-corrected chi connectivity index (χ2v) is 5.92. The Balaban J connectivity index is 1.59. The zero-order valence-electron chi connectivity index (χ0n) is 13.0. The topological polar surface area (TPSA) is 64.3 Å². The van der Waals surface area contributed by atoms with Gasteiger partial charge in [-0.1, -0.05) is 0 Å². The van der Waals surface area contributed by atoms with Crippen LogP contribution in [0.15, 0.2) is 48.9 Å². The van der Waals surface area contributed by atoms with Crippen LogP contribution in [-0.4, -0.2) is 29.1 Å². The molecule has 5 nitrogen and oxygen atoms in total. The summed E-state index contributed by atoms with van der Waals surface area (Å²) in [6.07, 6.45) is 5.25. The van der Waals surface area contributed by atoms with Gasteiger partial charge in [-0.15, -0.1) is 0 Å². The Kier molecular flexibility index (Phi) is 3.74. The lowest BCUT2D eigenvalue weighted by Gasteiger charge is -2.18. The van der Waals surface area contributed by atoms with Gasteiger partial charge in [-0.2, -0.15) is 0 Å². The van der Waals surface area contributed by atoms with Gasteiger partial charge in [0.15, 0.2) is 5.82 Å². The molecule has 0 saturated carbocycles. The number of anilines is 1. The summed E-state index contributed by atoms with van der Waals surface area (Å²) in [5.74, 6) is 0.751. The molecule has 2 N–H and O–H groups in total. The summed E-state index contributed by atoms with van der Waals surface area (Å²) < 4.78 is 19.7. The number of aromatic nitrogens is 2. The van der Waals surface area contributed by atoms with Gasteiger partial charge in [-0.05, 0) is 36.8 Å². The predicted octanol–water partition coefficient (Wildman–Crippen LogP) is 3.10. The molecule has 3 heterocycles. The first-order valence-corrected chi connectivity index (χ1v) is 7.87. The van der Waals surface area contributed by atoms with Crippen LogP contribution in [0.1, 0.15) is 6.42 Å². The third-order valence-corrected chi connectivity index (χ3v) is 4.22. The van der Waals surface area contributed by atoms with E-state index in [-0.39, 0.29) is 11.6 Å². The van der Waals surface area contributed by atoms with E-state index in [1.54, 1.807) is 12.3 Å². The van der Waals surface area contributed by atoms with Gasteiger partial charge in [-0.3, -0.25) is 9.97 Å². The molecule has 1 aliphatic heterocycles. The van der Waals surface area contributed by atoms with Crippen molar-refractivity contribution in [2.75, 3.05) is 18.0 Å². The van der Waals surface area contributed by atoms with Crippen molar-refractivity contribution in [2.45, 2.75) is 12.5 Å². The Morgan fingerprint density at radius 1 is 1.17 bits per heavy atom. The van der Waals surface area contributed by atoms with Crippen molar-refractivity contribution in [3.8, 4) is 11.5 Å². The smallest absolute Gasteiger partial charge is 0.167 e. The molecule has 2 aromatic heterocycles. The molecule has 6 heteroatoms. The third kappa shape index (κ3) is 2.76. The van der Waals surface area contributed by atoms with Gasteiger partial charge in [-0.25, -0.2) is 4.39 Å². The van der Waals surface area contributed by atoms with Crippen molar-refractivity contribution in [1.29, 1.82) is 0 Å². The molecular weight excluding hydrogens is 307 g/mol. The van der Waals surface area contributed by atoms with Crippen molar-refractivity contribution in [3.63, 3.8) is 0 Å². The van der Waals surface area contributed by atoms with Gasteiger partial charge in [0.25, 0.3) is 0 Å². The maximum atomic E-state index is 13.8. The summed E-state index contributed by atoms with van der Waals surface area (Å²) in [6, 6.07) is 9.77. The summed E-state index contributed by atoms with van der Waals surface area (Å²) >= 11 is 0. The number of ether oxygens (including phenoxy) is 1. The number of rotatable bonds is 3. The summed E-state index contributed by atoms with van der Waals surface area (Å²) in [5.41, 5.74) is 7.33. The highest BCUT2D eigenvalue weighted by Crippen LogP contribution is 2.30. The highest BCUT2D eigenvalue weighted by molar-refractivity contribution is 5.84. The van der Waals surface area contributed by atoms with Crippen molar-refractivity contribution in [2.24, 2.45) is 5.73 Å². The maximum Gasteiger partial charge on any atom is 0.167 e. The van der Waals surface area contributed by atoms with E-state index >= 15 is 0 Å². The molecule has 0 bridgehead atoms. The van der Waals surface area contributed by atoms with E-state index in [0.29, 0.717) is 16.9 Å². The molecule has 1 aliphatic rings. The Morgan fingerprint density at radius 3 is 2.75 bits per heavy atom. The van der Waals surface area contributed by atoms with Gasteiger partial charge in [0.05, 0.1) is 11.6 Å². The van der Waals surface area contributed by atoms with Gasteiger partial charge in [0, 0.05) is 37.2 Å². The lowest BCUT2D eigenvalue weighted by Crippen LogP contribution is -2.26. The monoisotopic (exact) mass is 324 g/mol. The van der Waals surface area contributed by atoms with Crippen LogP contribution in [0.4, 0.5) is 10.1 Å². The molecule has 0 unspecified atom stereocenters. The quantitative estimate of drug-likeness (QED) is 0.802. The lowest BCUT2D eigenvalue weighted by molar-refractivity contribution is 0.487. The van der Waals surface area contributed by atoms with Gasteiger partial charge in [0.1, 0.15) is 17.0 Å². The highest BCUT2D eigenvalue weighted by Gasteiger charge is 2.19. The van der Waals surface area contributed by atoms with Crippen molar-refractivity contribution in [1.82, 2.24) is 9.97 Å². The standard InChI is InChI=1S/C18H17FN4O/c19-16-10-21-9-15-17(5-7-22-18(15)16)24-14-3-1-13(2-4-14)23-8-6-12(20)11-23/h1-5,7,9-10,12H,6,8,11,20H2/t12-/m0/s1. The molecule has 0 aliphatic carbocycles. The summed E-state index contributed by atoms with van der Waals surface area (Å²) in [6.45, 7) is 1.85. The highest BCUT2D eigenvalue weighted by atomic mass is 19.1. The van der Waals surface area contributed by atoms with Gasteiger partial charge < -0.3 is 15.4 Å². The van der Waals surface area contributed by atoms with E-state index in [2.05, 4.69) is 14.9 Å². The van der Waals surface area contributed by atoms with Crippen LogP contribution in [0.3, 0.4) is 0 Å². The number of nitrogens with two attached hydrogens (primary N) is 1. The fraction of sp³-hybridized carbons (Fsp3) is 0.222. The summed E-state index contributed by atoms with van der Waals surface area (Å²) in [5, 5.41) is 0.548. The molecule has 4 rings (SSSR count). The zero-order chi connectivity index (χ0) is 16.5. The van der Waals surface area contributed by atoms with Crippen molar-refractivity contribution < 1.29 is 9.13 Å².